The molecular formula is C12H16FNO3. The number of ether oxygens (including phenoxy) is 1. The maximum absolute atomic E-state index is 12.9. The third-order valence-corrected chi connectivity index (χ3v) is 2.05. The van der Waals surface area contributed by atoms with Crippen LogP contribution in [0, 0.1) is 5.82 Å². The van der Waals surface area contributed by atoms with E-state index in [9.17, 15) is 9.18 Å². The molecule has 4 nitrogen and oxygen atoms in total. The van der Waals surface area contributed by atoms with Gasteiger partial charge < -0.3 is 15.2 Å². The van der Waals surface area contributed by atoms with Crippen LogP contribution < -0.4 is 10.1 Å². The molecule has 0 aliphatic carbocycles. The molecule has 0 bridgehead atoms. The molecule has 0 fully saturated rings. The zero-order valence-electron chi connectivity index (χ0n) is 9.81. The first-order chi connectivity index (χ1) is 7.99. The fourth-order valence-corrected chi connectivity index (χ4v) is 1.19. The Bertz CT molecular complexity index is 382. The van der Waals surface area contributed by atoms with E-state index in [1.54, 1.807) is 19.9 Å². The predicted molar refractivity (Wildman–Crippen MR) is 61.2 cm³/mol. The highest BCUT2D eigenvalue weighted by molar-refractivity contribution is 5.80. The van der Waals surface area contributed by atoms with Crippen LogP contribution in [-0.2, 0) is 4.79 Å². The number of aliphatic hydroxyl groups is 1. The average molecular weight is 241 g/mol. The summed E-state index contributed by atoms with van der Waals surface area (Å²) in [6.07, 6.45) is -1.35. The van der Waals surface area contributed by atoms with Gasteiger partial charge in [-0.05, 0) is 26.0 Å². The van der Waals surface area contributed by atoms with Crippen LogP contribution in [0.25, 0.3) is 0 Å². The Labute approximate surface area is 99.4 Å². The first kappa shape index (κ1) is 13.4. The van der Waals surface area contributed by atoms with Gasteiger partial charge in [0.25, 0.3) is 5.91 Å². The van der Waals surface area contributed by atoms with Gasteiger partial charge in [0, 0.05) is 12.6 Å². The molecular weight excluding hydrogens is 225 g/mol. The molecule has 0 spiro atoms. The number of benzene rings is 1. The highest BCUT2D eigenvalue weighted by Gasteiger charge is 2.14. The lowest BCUT2D eigenvalue weighted by Gasteiger charge is -2.15. The zero-order chi connectivity index (χ0) is 12.8. The molecule has 0 saturated heterocycles. The van der Waals surface area contributed by atoms with E-state index in [2.05, 4.69) is 5.32 Å². The van der Waals surface area contributed by atoms with Crippen molar-refractivity contribution in [2.45, 2.75) is 26.1 Å². The summed E-state index contributed by atoms with van der Waals surface area (Å²) in [7, 11) is 0. The van der Waals surface area contributed by atoms with Crippen molar-refractivity contribution in [3.63, 3.8) is 0 Å². The summed E-state index contributed by atoms with van der Waals surface area (Å²) in [6, 6.07) is 5.58. The number of amides is 1. The van der Waals surface area contributed by atoms with E-state index >= 15 is 0 Å². The standard InChI is InChI=1S/C12H16FNO3/c1-8(15)7-14-12(16)9(2)17-11-5-3-4-10(13)6-11/h3-6,8-9,15H,7H2,1-2H3,(H,14,16)/t8-,9?/m1/s1. The Morgan fingerprint density at radius 2 is 2.24 bits per heavy atom. The minimum absolute atomic E-state index is 0.162. The lowest BCUT2D eigenvalue weighted by Crippen LogP contribution is -2.39. The highest BCUT2D eigenvalue weighted by atomic mass is 19.1. The van der Waals surface area contributed by atoms with E-state index in [1.807, 2.05) is 0 Å². The number of carbonyl (C=O) groups is 1. The highest BCUT2D eigenvalue weighted by Crippen LogP contribution is 2.13. The van der Waals surface area contributed by atoms with Gasteiger partial charge in [0.15, 0.2) is 6.10 Å². The van der Waals surface area contributed by atoms with Crippen LogP contribution in [0.3, 0.4) is 0 Å². The van der Waals surface area contributed by atoms with Gasteiger partial charge in [0.2, 0.25) is 0 Å². The molecule has 94 valence electrons. The van der Waals surface area contributed by atoms with Crippen LogP contribution in [0.4, 0.5) is 4.39 Å². The molecule has 1 unspecified atom stereocenters. The van der Waals surface area contributed by atoms with E-state index in [0.717, 1.165) is 0 Å². The van der Waals surface area contributed by atoms with Gasteiger partial charge in [-0.25, -0.2) is 4.39 Å². The molecule has 0 aliphatic rings. The predicted octanol–water partition coefficient (Wildman–Crippen LogP) is 1.09. The molecule has 0 radical (unpaired) electrons. The number of carbonyl (C=O) groups excluding carboxylic acids is 1. The molecule has 2 atom stereocenters. The second-order valence-corrected chi connectivity index (χ2v) is 3.81. The van der Waals surface area contributed by atoms with Crippen molar-refractivity contribution >= 4 is 5.91 Å². The number of halogens is 1. The first-order valence-corrected chi connectivity index (χ1v) is 5.37. The number of rotatable bonds is 5. The van der Waals surface area contributed by atoms with Crippen LogP contribution in [0.2, 0.25) is 0 Å². The lowest BCUT2D eigenvalue weighted by atomic mass is 10.3. The molecule has 0 aromatic heterocycles. The average Bonchev–Trinajstić information content (AvgIpc) is 2.25. The van der Waals surface area contributed by atoms with Gasteiger partial charge in [-0.3, -0.25) is 4.79 Å². The summed E-state index contributed by atoms with van der Waals surface area (Å²) in [5, 5.41) is 11.5. The fourth-order valence-electron chi connectivity index (χ4n) is 1.19. The maximum atomic E-state index is 12.9. The van der Waals surface area contributed by atoms with Crippen molar-refractivity contribution in [1.29, 1.82) is 0 Å². The van der Waals surface area contributed by atoms with Gasteiger partial charge in [0.1, 0.15) is 11.6 Å². The lowest BCUT2D eigenvalue weighted by molar-refractivity contribution is -0.127. The smallest absolute Gasteiger partial charge is 0.260 e. The third kappa shape index (κ3) is 4.82. The van der Waals surface area contributed by atoms with Gasteiger partial charge in [-0.2, -0.15) is 0 Å². The first-order valence-electron chi connectivity index (χ1n) is 5.37. The maximum Gasteiger partial charge on any atom is 0.260 e. The molecule has 0 heterocycles. The number of hydrogen-bond donors (Lipinski definition) is 2. The van der Waals surface area contributed by atoms with Crippen molar-refractivity contribution in [2.75, 3.05) is 6.54 Å². The summed E-state index contributed by atoms with van der Waals surface area (Å²) >= 11 is 0. The summed E-state index contributed by atoms with van der Waals surface area (Å²) in [4.78, 5) is 11.5. The molecule has 2 N–H and O–H groups in total. The molecule has 0 saturated carbocycles. The Balaban J connectivity index is 2.48. The van der Waals surface area contributed by atoms with Gasteiger partial charge in [-0.15, -0.1) is 0 Å². The number of nitrogens with one attached hydrogen (secondary N) is 1. The second-order valence-electron chi connectivity index (χ2n) is 3.81. The summed E-state index contributed by atoms with van der Waals surface area (Å²) in [6.45, 7) is 3.29. The second kappa shape index (κ2) is 6.20. The van der Waals surface area contributed by atoms with Crippen molar-refractivity contribution in [3.8, 4) is 5.75 Å². The van der Waals surface area contributed by atoms with Crippen LogP contribution in [0.5, 0.6) is 5.75 Å². The zero-order valence-corrected chi connectivity index (χ0v) is 9.81. The molecule has 1 aromatic rings. The minimum Gasteiger partial charge on any atom is -0.481 e. The molecule has 5 heteroatoms. The molecule has 1 amide bonds. The van der Waals surface area contributed by atoms with Gasteiger partial charge in [0.05, 0.1) is 6.10 Å². The van der Waals surface area contributed by atoms with E-state index in [-0.39, 0.29) is 12.5 Å². The molecule has 0 aliphatic heterocycles. The van der Waals surface area contributed by atoms with Crippen molar-refractivity contribution < 1.29 is 19.0 Å². The van der Waals surface area contributed by atoms with Crippen molar-refractivity contribution in [3.05, 3.63) is 30.1 Å². The quantitative estimate of drug-likeness (QED) is 0.811. The van der Waals surface area contributed by atoms with E-state index < -0.39 is 18.0 Å². The summed E-state index contributed by atoms with van der Waals surface area (Å²) < 4.78 is 18.1. The number of hydrogen-bond acceptors (Lipinski definition) is 3. The Hall–Kier alpha value is -1.62. The molecule has 1 rings (SSSR count). The normalized spacial score (nSPS) is 13.9. The van der Waals surface area contributed by atoms with Crippen molar-refractivity contribution in [2.24, 2.45) is 0 Å². The Morgan fingerprint density at radius 3 is 2.82 bits per heavy atom. The van der Waals surface area contributed by atoms with E-state index in [0.29, 0.717) is 5.75 Å². The van der Waals surface area contributed by atoms with Gasteiger partial charge in [-0.1, -0.05) is 6.07 Å². The minimum atomic E-state index is -0.740. The largest absolute Gasteiger partial charge is 0.481 e. The summed E-state index contributed by atoms with van der Waals surface area (Å²) in [5.41, 5.74) is 0. The van der Waals surface area contributed by atoms with Crippen LogP contribution in [-0.4, -0.2) is 29.8 Å². The van der Waals surface area contributed by atoms with Crippen molar-refractivity contribution in [1.82, 2.24) is 5.32 Å². The van der Waals surface area contributed by atoms with E-state index in [4.69, 9.17) is 9.84 Å². The topological polar surface area (TPSA) is 58.6 Å². The SMILES string of the molecule is CC(Oc1cccc(F)c1)C(=O)NC[C@@H](C)O. The van der Waals surface area contributed by atoms with Gasteiger partial charge >= 0.3 is 0 Å². The van der Waals surface area contributed by atoms with Crippen LogP contribution in [0.1, 0.15) is 13.8 Å². The third-order valence-electron chi connectivity index (χ3n) is 2.05. The fraction of sp³-hybridized carbons (Fsp3) is 0.417. The monoisotopic (exact) mass is 241 g/mol. The molecule has 1 aromatic carbocycles. The van der Waals surface area contributed by atoms with Crippen LogP contribution >= 0.6 is 0 Å². The summed E-state index contributed by atoms with van der Waals surface area (Å²) in [5.74, 6) is -0.473. The number of aliphatic hydroxyl groups excluding tert-OH is 1. The van der Waals surface area contributed by atoms with E-state index in [1.165, 1.54) is 18.2 Å². The van der Waals surface area contributed by atoms with Crippen LogP contribution in [0.15, 0.2) is 24.3 Å². The molecule has 17 heavy (non-hydrogen) atoms. The Morgan fingerprint density at radius 1 is 1.53 bits per heavy atom. The Kier molecular flexibility index (Phi) is 4.90.